The molecule has 3 N–H and O–H groups in total. The molecule has 0 bridgehead atoms. The Hall–Kier alpha value is -1.75. The van der Waals surface area contributed by atoms with Gasteiger partial charge in [-0.3, -0.25) is 4.79 Å². The highest BCUT2D eigenvalue weighted by molar-refractivity contribution is 9.10. The third-order valence-electron chi connectivity index (χ3n) is 2.65. The van der Waals surface area contributed by atoms with Crippen LogP contribution in [0.3, 0.4) is 0 Å². The average molecular weight is 309 g/mol. The van der Waals surface area contributed by atoms with E-state index in [0.717, 1.165) is 12.0 Å². The summed E-state index contributed by atoms with van der Waals surface area (Å²) in [4.78, 5) is 11.9. The second kappa shape index (κ2) is 5.27. The largest absolute Gasteiger partial charge is 0.457 e. The molecule has 2 aromatic rings. The van der Waals surface area contributed by atoms with E-state index in [1.807, 2.05) is 19.1 Å². The van der Waals surface area contributed by atoms with Crippen LogP contribution in [0.25, 0.3) is 0 Å². The summed E-state index contributed by atoms with van der Waals surface area (Å²) >= 11 is 3.17. The van der Waals surface area contributed by atoms with Crippen molar-refractivity contribution in [3.8, 4) is 0 Å². The number of hydrogen-bond acceptors (Lipinski definition) is 3. The van der Waals surface area contributed by atoms with E-state index in [1.54, 1.807) is 12.1 Å². The first-order chi connectivity index (χ1) is 8.61. The molecule has 2 rings (SSSR count). The van der Waals surface area contributed by atoms with Gasteiger partial charge < -0.3 is 15.5 Å². The van der Waals surface area contributed by atoms with Crippen LogP contribution in [0.5, 0.6) is 0 Å². The Morgan fingerprint density at radius 1 is 1.44 bits per heavy atom. The van der Waals surface area contributed by atoms with E-state index in [2.05, 4.69) is 21.2 Å². The topological polar surface area (TPSA) is 68.3 Å². The Kier molecular flexibility index (Phi) is 3.72. The van der Waals surface area contributed by atoms with Crippen molar-refractivity contribution in [3.63, 3.8) is 0 Å². The molecule has 0 atom stereocenters. The van der Waals surface area contributed by atoms with E-state index >= 15 is 0 Å². The summed E-state index contributed by atoms with van der Waals surface area (Å²) in [6.45, 7) is 2.03. The molecule has 0 saturated heterocycles. The van der Waals surface area contributed by atoms with Gasteiger partial charge in [0.2, 0.25) is 0 Å². The van der Waals surface area contributed by atoms with Crippen LogP contribution in [0.15, 0.2) is 39.6 Å². The van der Waals surface area contributed by atoms with Gasteiger partial charge in [0.15, 0.2) is 4.67 Å². The zero-order valence-corrected chi connectivity index (χ0v) is 11.5. The number of aryl methyl sites for hydroxylation is 1. The van der Waals surface area contributed by atoms with Gasteiger partial charge in [-0.15, -0.1) is 0 Å². The summed E-state index contributed by atoms with van der Waals surface area (Å²) < 4.78 is 5.43. The number of rotatable bonds is 3. The monoisotopic (exact) mass is 308 g/mol. The molecular formula is C13H13BrN2O2. The van der Waals surface area contributed by atoms with Crippen molar-refractivity contribution < 1.29 is 9.21 Å². The quantitative estimate of drug-likeness (QED) is 0.853. The van der Waals surface area contributed by atoms with Gasteiger partial charge in [-0.25, -0.2) is 0 Å². The molecule has 0 aliphatic rings. The lowest BCUT2D eigenvalue weighted by Gasteiger charge is -2.08. The number of amides is 1. The van der Waals surface area contributed by atoms with Crippen LogP contribution in [0, 0.1) is 0 Å². The third-order valence-corrected chi connectivity index (χ3v) is 3.26. The Labute approximate surface area is 113 Å². The van der Waals surface area contributed by atoms with Crippen molar-refractivity contribution in [1.29, 1.82) is 0 Å². The maximum absolute atomic E-state index is 11.9. The summed E-state index contributed by atoms with van der Waals surface area (Å²) in [6, 6.07) is 7.10. The smallest absolute Gasteiger partial charge is 0.260 e. The summed E-state index contributed by atoms with van der Waals surface area (Å²) in [7, 11) is 0. The van der Waals surface area contributed by atoms with Gasteiger partial charge in [-0.05, 0) is 46.1 Å². The Morgan fingerprint density at radius 2 is 2.22 bits per heavy atom. The number of furan rings is 1. The van der Waals surface area contributed by atoms with Gasteiger partial charge in [0.1, 0.15) is 0 Å². The molecule has 0 radical (unpaired) electrons. The summed E-state index contributed by atoms with van der Waals surface area (Å²) in [5.41, 5.74) is 8.75. The van der Waals surface area contributed by atoms with E-state index in [1.165, 1.54) is 6.26 Å². The van der Waals surface area contributed by atoms with Crippen LogP contribution in [0.4, 0.5) is 11.4 Å². The van der Waals surface area contributed by atoms with E-state index in [-0.39, 0.29) is 5.91 Å². The zero-order chi connectivity index (χ0) is 13.1. The van der Waals surface area contributed by atoms with Crippen LogP contribution >= 0.6 is 15.9 Å². The SMILES string of the molecule is CCc1ccc(NC(=O)c2ccoc2Br)cc1N. The van der Waals surface area contributed by atoms with Crippen LogP contribution in [0.1, 0.15) is 22.8 Å². The molecule has 1 aromatic carbocycles. The number of nitrogens with two attached hydrogens (primary N) is 1. The minimum atomic E-state index is -0.237. The van der Waals surface area contributed by atoms with Crippen LogP contribution in [-0.2, 0) is 6.42 Å². The number of carbonyl (C=O) groups is 1. The summed E-state index contributed by atoms with van der Waals surface area (Å²) in [6.07, 6.45) is 2.32. The maximum Gasteiger partial charge on any atom is 0.260 e. The number of benzene rings is 1. The van der Waals surface area contributed by atoms with Gasteiger partial charge in [0.05, 0.1) is 11.8 Å². The third kappa shape index (κ3) is 2.56. The van der Waals surface area contributed by atoms with Crippen LogP contribution < -0.4 is 11.1 Å². The molecule has 1 heterocycles. The molecule has 0 unspecified atom stereocenters. The standard InChI is InChI=1S/C13H13BrN2O2/c1-2-8-3-4-9(7-11(8)15)16-13(17)10-5-6-18-12(10)14/h3-7H,2,15H2,1H3,(H,16,17). The molecule has 18 heavy (non-hydrogen) atoms. The normalized spacial score (nSPS) is 10.3. The molecule has 94 valence electrons. The number of carbonyl (C=O) groups excluding carboxylic acids is 1. The molecule has 5 heteroatoms. The predicted molar refractivity (Wildman–Crippen MR) is 74.6 cm³/mol. The Morgan fingerprint density at radius 3 is 2.78 bits per heavy atom. The number of nitrogen functional groups attached to an aromatic ring is 1. The van der Waals surface area contributed by atoms with E-state index in [9.17, 15) is 4.79 Å². The number of hydrogen-bond donors (Lipinski definition) is 2. The average Bonchev–Trinajstić information content (AvgIpc) is 2.76. The molecule has 0 spiro atoms. The number of anilines is 2. The van der Waals surface area contributed by atoms with Crippen molar-refractivity contribution in [2.24, 2.45) is 0 Å². The maximum atomic E-state index is 11.9. The molecule has 0 saturated carbocycles. The number of halogens is 1. The van der Waals surface area contributed by atoms with Gasteiger partial charge >= 0.3 is 0 Å². The van der Waals surface area contributed by atoms with Crippen molar-refractivity contribution in [1.82, 2.24) is 0 Å². The van der Waals surface area contributed by atoms with Gasteiger partial charge in [0, 0.05) is 11.4 Å². The van der Waals surface area contributed by atoms with E-state index < -0.39 is 0 Å². The zero-order valence-electron chi connectivity index (χ0n) is 9.87. The summed E-state index contributed by atoms with van der Waals surface area (Å²) in [5, 5.41) is 2.77. The Bertz CT molecular complexity index is 578. The first-order valence-electron chi connectivity index (χ1n) is 5.54. The lowest BCUT2D eigenvalue weighted by atomic mass is 10.1. The van der Waals surface area contributed by atoms with E-state index in [0.29, 0.717) is 21.6 Å². The summed E-state index contributed by atoms with van der Waals surface area (Å²) in [5.74, 6) is -0.237. The van der Waals surface area contributed by atoms with Crippen molar-refractivity contribution in [2.45, 2.75) is 13.3 Å². The first kappa shape index (κ1) is 12.7. The Balaban J connectivity index is 2.17. The fourth-order valence-electron chi connectivity index (χ4n) is 1.65. The molecule has 1 aromatic heterocycles. The molecule has 0 aliphatic carbocycles. The lowest BCUT2D eigenvalue weighted by Crippen LogP contribution is -2.11. The van der Waals surface area contributed by atoms with Gasteiger partial charge in [-0.2, -0.15) is 0 Å². The second-order valence-electron chi connectivity index (χ2n) is 3.83. The highest BCUT2D eigenvalue weighted by Gasteiger charge is 2.12. The molecule has 1 amide bonds. The highest BCUT2D eigenvalue weighted by Crippen LogP contribution is 2.22. The number of nitrogens with one attached hydrogen (secondary N) is 1. The van der Waals surface area contributed by atoms with Gasteiger partial charge in [-0.1, -0.05) is 13.0 Å². The minimum absolute atomic E-state index is 0.237. The molecule has 0 aliphatic heterocycles. The molecule has 4 nitrogen and oxygen atoms in total. The van der Waals surface area contributed by atoms with Crippen LogP contribution in [0.2, 0.25) is 0 Å². The minimum Gasteiger partial charge on any atom is -0.457 e. The highest BCUT2D eigenvalue weighted by atomic mass is 79.9. The predicted octanol–water partition coefficient (Wildman–Crippen LogP) is 3.44. The first-order valence-corrected chi connectivity index (χ1v) is 6.34. The van der Waals surface area contributed by atoms with Gasteiger partial charge in [0.25, 0.3) is 5.91 Å². The fourth-order valence-corrected chi connectivity index (χ4v) is 2.07. The molecular weight excluding hydrogens is 296 g/mol. The second-order valence-corrected chi connectivity index (χ2v) is 4.55. The van der Waals surface area contributed by atoms with Crippen molar-refractivity contribution >= 4 is 33.2 Å². The lowest BCUT2D eigenvalue weighted by molar-refractivity contribution is 0.102. The van der Waals surface area contributed by atoms with E-state index in [4.69, 9.17) is 10.2 Å². The van der Waals surface area contributed by atoms with Crippen LogP contribution in [-0.4, -0.2) is 5.91 Å². The fraction of sp³-hybridized carbons (Fsp3) is 0.154. The molecule has 0 fully saturated rings. The van der Waals surface area contributed by atoms with Crippen molar-refractivity contribution in [2.75, 3.05) is 11.1 Å². The van der Waals surface area contributed by atoms with Crippen molar-refractivity contribution in [3.05, 3.63) is 46.3 Å².